The van der Waals surface area contributed by atoms with Gasteiger partial charge in [-0.25, -0.2) is 17.6 Å². The van der Waals surface area contributed by atoms with Gasteiger partial charge in [0.25, 0.3) is 10.0 Å². The molecule has 0 heterocycles. The van der Waals surface area contributed by atoms with Crippen LogP contribution in [0.5, 0.6) is 0 Å². The third-order valence-electron chi connectivity index (χ3n) is 3.62. The van der Waals surface area contributed by atoms with Crippen LogP contribution in [0.3, 0.4) is 0 Å². The third kappa shape index (κ3) is 7.19. The molecule has 0 bridgehead atoms. The third-order valence-corrected chi connectivity index (χ3v) is 5.70. The molecule has 0 N–H and O–H groups in total. The van der Waals surface area contributed by atoms with Gasteiger partial charge in [0, 0.05) is 0 Å². The predicted molar refractivity (Wildman–Crippen MR) is 112 cm³/mol. The molecule has 5 nitrogen and oxygen atoms in total. The first-order chi connectivity index (χ1) is 13.5. The largest absolute Gasteiger partial charge is 0.444 e. The predicted octanol–water partition coefficient (Wildman–Crippen LogP) is 5.35. The van der Waals surface area contributed by atoms with Crippen molar-refractivity contribution < 1.29 is 22.3 Å². The average molecular weight is 481 g/mol. The van der Waals surface area contributed by atoms with Crippen molar-refractivity contribution in [3.05, 3.63) is 71.6 Å². The number of amides is 1. The van der Waals surface area contributed by atoms with Crippen LogP contribution in [0.2, 0.25) is 0 Å². The molecule has 2 aromatic rings. The highest BCUT2D eigenvalue weighted by Gasteiger charge is 2.32. The molecule has 0 unspecified atom stereocenters. The highest BCUT2D eigenvalue weighted by atomic mass is 35.6. The summed E-state index contributed by atoms with van der Waals surface area (Å²) in [7, 11) is -4.23. The standard InChI is InChI=1S/C19H17Cl3FNO4S/c1-14-4-10-17(11-5-14)29(26,27)24(18(25)28-13-19(20,21)22)12-2-3-15-6-8-16(23)9-7-15/h2-11H,12-13H2,1H3/b3-2+. The van der Waals surface area contributed by atoms with E-state index in [2.05, 4.69) is 0 Å². The van der Waals surface area contributed by atoms with E-state index in [0.29, 0.717) is 9.87 Å². The molecule has 0 spiro atoms. The average Bonchev–Trinajstić information content (AvgIpc) is 2.64. The molecular weight excluding hydrogens is 464 g/mol. The van der Waals surface area contributed by atoms with Gasteiger partial charge in [0.15, 0.2) is 0 Å². The van der Waals surface area contributed by atoms with E-state index in [-0.39, 0.29) is 11.4 Å². The van der Waals surface area contributed by atoms with E-state index < -0.39 is 32.3 Å². The minimum absolute atomic E-state index is 0.0934. The van der Waals surface area contributed by atoms with Crippen molar-refractivity contribution in [1.82, 2.24) is 4.31 Å². The number of sulfonamides is 1. The summed E-state index contributed by atoms with van der Waals surface area (Å²) >= 11 is 16.7. The summed E-state index contributed by atoms with van der Waals surface area (Å²) in [4.78, 5) is 12.3. The minimum atomic E-state index is -4.23. The van der Waals surface area contributed by atoms with Gasteiger partial charge >= 0.3 is 6.09 Å². The highest BCUT2D eigenvalue weighted by molar-refractivity contribution is 7.89. The van der Waals surface area contributed by atoms with Gasteiger partial charge in [0.05, 0.1) is 11.4 Å². The summed E-state index contributed by atoms with van der Waals surface area (Å²) in [5, 5.41) is 0. The van der Waals surface area contributed by atoms with Crippen LogP contribution in [-0.4, -0.2) is 35.8 Å². The Bertz CT molecular complexity index is 972. The van der Waals surface area contributed by atoms with Crippen molar-refractivity contribution in [2.24, 2.45) is 0 Å². The number of nitrogens with zero attached hydrogens (tertiary/aromatic N) is 1. The zero-order valence-electron chi connectivity index (χ0n) is 15.2. The maximum absolute atomic E-state index is 13.0. The van der Waals surface area contributed by atoms with Gasteiger partial charge in [-0.3, -0.25) is 0 Å². The van der Waals surface area contributed by atoms with Crippen molar-refractivity contribution in [3.63, 3.8) is 0 Å². The van der Waals surface area contributed by atoms with Crippen LogP contribution in [0.25, 0.3) is 6.08 Å². The fraction of sp³-hybridized carbons (Fsp3) is 0.211. The lowest BCUT2D eigenvalue weighted by molar-refractivity contribution is 0.130. The molecular formula is C19H17Cl3FNO4S. The molecule has 0 saturated carbocycles. The van der Waals surface area contributed by atoms with E-state index in [0.717, 1.165) is 5.56 Å². The summed E-state index contributed by atoms with van der Waals surface area (Å²) in [6.45, 7) is 0.833. The summed E-state index contributed by atoms with van der Waals surface area (Å²) in [6, 6.07) is 11.5. The second-order valence-electron chi connectivity index (χ2n) is 5.97. The first-order valence-electron chi connectivity index (χ1n) is 8.24. The SMILES string of the molecule is Cc1ccc(S(=O)(=O)N(C/C=C/c2ccc(F)cc2)C(=O)OCC(Cl)(Cl)Cl)cc1. The zero-order valence-corrected chi connectivity index (χ0v) is 18.3. The van der Waals surface area contributed by atoms with Gasteiger partial charge in [0.2, 0.25) is 3.79 Å². The van der Waals surface area contributed by atoms with Gasteiger partial charge in [0.1, 0.15) is 12.4 Å². The number of ether oxygens (including phenoxy) is 1. The van der Waals surface area contributed by atoms with Gasteiger partial charge in [-0.2, -0.15) is 4.31 Å². The lowest BCUT2D eigenvalue weighted by Gasteiger charge is -2.22. The van der Waals surface area contributed by atoms with Gasteiger partial charge in [-0.1, -0.05) is 76.8 Å². The van der Waals surface area contributed by atoms with Crippen molar-refractivity contribution in [3.8, 4) is 0 Å². The number of carbonyl (C=O) groups excluding carboxylic acids is 1. The normalized spacial score (nSPS) is 12.2. The van der Waals surface area contributed by atoms with Gasteiger partial charge in [-0.15, -0.1) is 0 Å². The Morgan fingerprint density at radius 3 is 2.24 bits per heavy atom. The second-order valence-corrected chi connectivity index (χ2v) is 10.4. The first-order valence-corrected chi connectivity index (χ1v) is 10.8. The fourth-order valence-electron chi connectivity index (χ4n) is 2.18. The van der Waals surface area contributed by atoms with E-state index >= 15 is 0 Å². The van der Waals surface area contributed by atoms with Crippen LogP contribution >= 0.6 is 34.8 Å². The molecule has 0 saturated heterocycles. The summed E-state index contributed by atoms with van der Waals surface area (Å²) in [6.07, 6.45) is 1.77. The number of carbonyl (C=O) groups is 1. The van der Waals surface area contributed by atoms with E-state index in [1.807, 2.05) is 0 Å². The number of aryl methyl sites for hydroxylation is 1. The summed E-state index contributed by atoms with van der Waals surface area (Å²) in [5.74, 6) is -0.402. The number of benzene rings is 2. The Kier molecular flexibility index (Phi) is 7.94. The van der Waals surface area contributed by atoms with Crippen LogP contribution in [0.15, 0.2) is 59.5 Å². The number of hydrogen-bond acceptors (Lipinski definition) is 4. The molecule has 10 heteroatoms. The molecule has 0 aliphatic heterocycles. The molecule has 0 radical (unpaired) electrons. The maximum atomic E-state index is 13.0. The Balaban J connectivity index is 2.27. The van der Waals surface area contributed by atoms with Crippen molar-refractivity contribution >= 4 is 57.0 Å². The molecule has 29 heavy (non-hydrogen) atoms. The number of rotatable bonds is 6. The molecule has 2 aromatic carbocycles. The Labute approximate surface area is 183 Å². The number of alkyl halides is 3. The zero-order chi connectivity index (χ0) is 21.7. The molecule has 0 aromatic heterocycles. The first kappa shape index (κ1) is 23.5. The van der Waals surface area contributed by atoms with Crippen LogP contribution in [0.1, 0.15) is 11.1 Å². The Morgan fingerprint density at radius 1 is 1.10 bits per heavy atom. The van der Waals surface area contributed by atoms with Crippen molar-refractivity contribution in [1.29, 1.82) is 0 Å². The van der Waals surface area contributed by atoms with Crippen LogP contribution < -0.4 is 0 Å². The topological polar surface area (TPSA) is 63.7 Å². The van der Waals surface area contributed by atoms with Crippen molar-refractivity contribution in [2.45, 2.75) is 15.6 Å². The quantitative estimate of drug-likeness (QED) is 0.523. The van der Waals surface area contributed by atoms with E-state index in [4.69, 9.17) is 39.5 Å². The van der Waals surface area contributed by atoms with E-state index in [9.17, 15) is 17.6 Å². The molecule has 0 aliphatic carbocycles. The lowest BCUT2D eigenvalue weighted by atomic mass is 10.2. The molecule has 0 atom stereocenters. The fourth-order valence-corrected chi connectivity index (χ4v) is 3.61. The number of hydrogen-bond donors (Lipinski definition) is 0. The van der Waals surface area contributed by atoms with E-state index in [1.54, 1.807) is 25.1 Å². The molecule has 0 fully saturated rings. The Hall–Kier alpha value is -1.80. The molecule has 0 aliphatic rings. The highest BCUT2D eigenvalue weighted by Crippen LogP contribution is 2.27. The second kappa shape index (κ2) is 9.80. The maximum Gasteiger partial charge on any atom is 0.424 e. The summed E-state index contributed by atoms with van der Waals surface area (Å²) in [5.41, 5.74) is 1.47. The summed E-state index contributed by atoms with van der Waals surface area (Å²) < 4.78 is 42.3. The van der Waals surface area contributed by atoms with Gasteiger partial charge < -0.3 is 4.74 Å². The smallest absolute Gasteiger partial charge is 0.424 e. The molecule has 1 amide bonds. The van der Waals surface area contributed by atoms with Crippen LogP contribution in [-0.2, 0) is 14.8 Å². The minimum Gasteiger partial charge on any atom is -0.444 e. The van der Waals surface area contributed by atoms with Gasteiger partial charge in [-0.05, 0) is 36.8 Å². The Morgan fingerprint density at radius 2 is 1.69 bits per heavy atom. The molecule has 2 rings (SSSR count). The van der Waals surface area contributed by atoms with E-state index in [1.165, 1.54) is 42.5 Å². The monoisotopic (exact) mass is 479 g/mol. The number of halogens is 4. The van der Waals surface area contributed by atoms with Crippen molar-refractivity contribution in [2.75, 3.05) is 13.2 Å². The lowest BCUT2D eigenvalue weighted by Crippen LogP contribution is -2.38. The van der Waals surface area contributed by atoms with Crippen LogP contribution in [0, 0.1) is 12.7 Å². The molecule has 156 valence electrons. The van der Waals surface area contributed by atoms with Crippen LogP contribution in [0.4, 0.5) is 9.18 Å².